The summed E-state index contributed by atoms with van der Waals surface area (Å²) in [6.45, 7) is 1.78. The van der Waals surface area contributed by atoms with E-state index in [2.05, 4.69) is 15.9 Å². The second-order valence-electron chi connectivity index (χ2n) is 5.56. The van der Waals surface area contributed by atoms with Gasteiger partial charge in [0.05, 0.1) is 22.0 Å². The number of benzene rings is 1. The van der Waals surface area contributed by atoms with Crippen molar-refractivity contribution in [1.29, 1.82) is 0 Å². The molecule has 1 aromatic rings. The minimum Gasteiger partial charge on any atom is -0.274 e. The molecule has 2 unspecified atom stereocenters. The highest BCUT2D eigenvalue weighted by atomic mass is 79.9. The Morgan fingerprint density at radius 1 is 1.15 bits per heavy atom. The van der Waals surface area contributed by atoms with Gasteiger partial charge in [-0.1, -0.05) is 12.8 Å². The first-order valence-corrected chi connectivity index (χ1v) is 7.63. The van der Waals surface area contributed by atoms with E-state index in [1.54, 1.807) is 13.0 Å². The molecule has 1 saturated carbocycles. The Morgan fingerprint density at radius 2 is 1.70 bits per heavy atom. The lowest BCUT2D eigenvalue weighted by Gasteiger charge is -2.19. The topological polar surface area (TPSA) is 37.4 Å². The van der Waals surface area contributed by atoms with Gasteiger partial charge in [0, 0.05) is 0 Å². The van der Waals surface area contributed by atoms with Gasteiger partial charge < -0.3 is 0 Å². The number of anilines is 1. The highest BCUT2D eigenvalue weighted by Crippen LogP contribution is 2.41. The van der Waals surface area contributed by atoms with E-state index in [1.807, 2.05) is 0 Å². The summed E-state index contributed by atoms with van der Waals surface area (Å²) in [6.07, 6.45) is 3.51. The van der Waals surface area contributed by atoms with E-state index in [1.165, 1.54) is 11.0 Å². The smallest absolute Gasteiger partial charge is 0.237 e. The first-order valence-electron chi connectivity index (χ1n) is 6.84. The quantitative estimate of drug-likeness (QED) is 0.733. The summed E-state index contributed by atoms with van der Waals surface area (Å²) in [7, 11) is 0. The Kier molecular flexibility index (Phi) is 3.40. The molecule has 2 amide bonds. The highest BCUT2D eigenvalue weighted by Gasteiger charge is 2.49. The summed E-state index contributed by atoms with van der Waals surface area (Å²) in [5.41, 5.74) is 1.11. The van der Waals surface area contributed by atoms with Gasteiger partial charge in [-0.05, 0) is 53.4 Å². The number of aryl methyl sites for hydroxylation is 1. The van der Waals surface area contributed by atoms with E-state index in [9.17, 15) is 14.0 Å². The first kappa shape index (κ1) is 13.7. The van der Waals surface area contributed by atoms with Crippen molar-refractivity contribution in [2.24, 2.45) is 11.8 Å². The number of amides is 2. The maximum atomic E-state index is 13.7. The Hall–Kier alpha value is -1.23. The number of carbonyl (C=O) groups is 2. The van der Waals surface area contributed by atoms with Gasteiger partial charge in [0.15, 0.2) is 0 Å². The van der Waals surface area contributed by atoms with E-state index < -0.39 is 5.82 Å². The molecule has 0 radical (unpaired) electrons. The molecule has 0 spiro atoms. The van der Waals surface area contributed by atoms with Gasteiger partial charge in [-0.15, -0.1) is 0 Å². The average Bonchev–Trinajstić information content (AvgIpc) is 2.68. The van der Waals surface area contributed by atoms with Crippen molar-refractivity contribution in [3.05, 3.63) is 28.0 Å². The Bertz CT molecular complexity index is 578. The molecule has 0 bridgehead atoms. The van der Waals surface area contributed by atoms with Crippen LogP contribution >= 0.6 is 15.9 Å². The van der Waals surface area contributed by atoms with E-state index in [4.69, 9.17) is 0 Å². The number of rotatable bonds is 1. The molecule has 3 rings (SSSR count). The van der Waals surface area contributed by atoms with Crippen molar-refractivity contribution >= 4 is 33.4 Å². The van der Waals surface area contributed by atoms with E-state index >= 15 is 0 Å². The van der Waals surface area contributed by atoms with E-state index in [0.717, 1.165) is 31.2 Å². The summed E-state index contributed by atoms with van der Waals surface area (Å²) in [5, 5.41) is 0. The zero-order chi connectivity index (χ0) is 14.4. The SMILES string of the molecule is Cc1cc(Br)c(F)cc1N1C(=O)C2CCCCC2C1=O. The molecule has 2 fully saturated rings. The molecule has 1 aromatic carbocycles. The largest absolute Gasteiger partial charge is 0.274 e. The molecule has 106 valence electrons. The molecule has 3 nitrogen and oxygen atoms in total. The maximum absolute atomic E-state index is 13.7. The molecule has 5 heteroatoms. The van der Waals surface area contributed by atoms with Crippen LogP contribution in [-0.4, -0.2) is 11.8 Å². The lowest BCUT2D eigenvalue weighted by atomic mass is 9.81. The highest BCUT2D eigenvalue weighted by molar-refractivity contribution is 9.10. The van der Waals surface area contributed by atoms with Crippen molar-refractivity contribution in [3.8, 4) is 0 Å². The maximum Gasteiger partial charge on any atom is 0.237 e. The van der Waals surface area contributed by atoms with Crippen LogP contribution in [0.25, 0.3) is 0 Å². The first-order chi connectivity index (χ1) is 9.50. The summed E-state index contributed by atoms with van der Waals surface area (Å²) < 4.78 is 14.1. The van der Waals surface area contributed by atoms with Crippen molar-refractivity contribution < 1.29 is 14.0 Å². The molecular weight excluding hydrogens is 325 g/mol. The normalized spacial score (nSPS) is 26.1. The monoisotopic (exact) mass is 339 g/mol. The lowest BCUT2D eigenvalue weighted by molar-refractivity contribution is -0.122. The van der Waals surface area contributed by atoms with Crippen LogP contribution in [0.3, 0.4) is 0 Å². The number of carbonyl (C=O) groups excluding carboxylic acids is 2. The van der Waals surface area contributed by atoms with Crippen LogP contribution in [0, 0.1) is 24.6 Å². The third-order valence-electron chi connectivity index (χ3n) is 4.32. The summed E-state index contributed by atoms with van der Waals surface area (Å²) in [5.74, 6) is -1.19. The van der Waals surface area contributed by atoms with Crippen molar-refractivity contribution in [2.75, 3.05) is 4.90 Å². The average molecular weight is 340 g/mol. The zero-order valence-corrected chi connectivity index (χ0v) is 12.7. The predicted octanol–water partition coefficient (Wildman–Crippen LogP) is 3.58. The van der Waals surface area contributed by atoms with Gasteiger partial charge in [0.1, 0.15) is 5.82 Å². The fourth-order valence-electron chi connectivity index (χ4n) is 3.28. The van der Waals surface area contributed by atoms with E-state index in [-0.39, 0.29) is 23.7 Å². The van der Waals surface area contributed by atoms with Gasteiger partial charge in [-0.25, -0.2) is 9.29 Å². The predicted molar refractivity (Wildman–Crippen MR) is 76.8 cm³/mol. The molecule has 1 aliphatic heterocycles. The second-order valence-corrected chi connectivity index (χ2v) is 6.42. The molecular formula is C15H15BrFNO2. The van der Waals surface area contributed by atoms with E-state index in [0.29, 0.717) is 10.2 Å². The third-order valence-corrected chi connectivity index (χ3v) is 4.93. The van der Waals surface area contributed by atoms with Gasteiger partial charge in [-0.2, -0.15) is 0 Å². The van der Waals surface area contributed by atoms with Crippen LogP contribution < -0.4 is 4.90 Å². The lowest BCUT2D eigenvalue weighted by Crippen LogP contribution is -2.31. The number of nitrogens with zero attached hydrogens (tertiary/aromatic N) is 1. The molecule has 1 aliphatic carbocycles. The number of imide groups is 1. The van der Waals surface area contributed by atoms with Gasteiger partial charge in [0.25, 0.3) is 0 Å². The van der Waals surface area contributed by atoms with Crippen molar-refractivity contribution in [2.45, 2.75) is 32.6 Å². The van der Waals surface area contributed by atoms with Crippen LogP contribution in [0.5, 0.6) is 0 Å². The van der Waals surface area contributed by atoms with Gasteiger partial charge in [-0.3, -0.25) is 9.59 Å². The van der Waals surface area contributed by atoms with Crippen LogP contribution in [-0.2, 0) is 9.59 Å². The Morgan fingerprint density at radius 3 is 2.25 bits per heavy atom. The fraction of sp³-hybridized carbons (Fsp3) is 0.467. The van der Waals surface area contributed by atoms with Crippen molar-refractivity contribution in [3.63, 3.8) is 0 Å². The van der Waals surface area contributed by atoms with Gasteiger partial charge >= 0.3 is 0 Å². The second kappa shape index (κ2) is 4.95. The number of fused-ring (bicyclic) bond motifs is 1. The molecule has 2 atom stereocenters. The minimum atomic E-state index is -0.457. The molecule has 1 saturated heterocycles. The summed E-state index contributed by atoms with van der Waals surface area (Å²) >= 11 is 3.12. The van der Waals surface area contributed by atoms with Crippen LogP contribution in [0.15, 0.2) is 16.6 Å². The Labute approximate surface area is 125 Å². The molecule has 0 aromatic heterocycles. The standard InChI is InChI=1S/C15H15BrFNO2/c1-8-6-11(16)12(17)7-13(8)18-14(19)9-4-2-3-5-10(9)15(18)20/h6-7,9-10H,2-5H2,1H3. The third kappa shape index (κ3) is 1.99. The summed E-state index contributed by atoms with van der Waals surface area (Å²) in [6, 6.07) is 2.87. The number of hydrogen-bond acceptors (Lipinski definition) is 2. The molecule has 2 aliphatic rings. The molecule has 1 heterocycles. The summed E-state index contributed by atoms with van der Waals surface area (Å²) in [4.78, 5) is 26.1. The molecule has 0 N–H and O–H groups in total. The van der Waals surface area contributed by atoms with Crippen LogP contribution in [0.2, 0.25) is 0 Å². The van der Waals surface area contributed by atoms with Crippen molar-refractivity contribution in [1.82, 2.24) is 0 Å². The fourth-order valence-corrected chi connectivity index (χ4v) is 3.73. The van der Waals surface area contributed by atoms with Gasteiger partial charge in [0.2, 0.25) is 11.8 Å². The van der Waals surface area contributed by atoms with Crippen LogP contribution in [0.1, 0.15) is 31.2 Å². The number of hydrogen-bond donors (Lipinski definition) is 0. The zero-order valence-electron chi connectivity index (χ0n) is 11.2. The number of halogens is 2. The Balaban J connectivity index is 2.04. The minimum absolute atomic E-state index is 0.162. The van der Waals surface area contributed by atoms with Crippen LogP contribution in [0.4, 0.5) is 10.1 Å². The molecule has 20 heavy (non-hydrogen) atoms.